The number of nitrogens with zero attached hydrogens (tertiary/aromatic N) is 3. The number of fused-ring (bicyclic) bond motifs is 1. The maximum Gasteiger partial charge on any atom is 0.321 e. The predicted molar refractivity (Wildman–Crippen MR) is 113 cm³/mol. The van der Waals surface area contributed by atoms with Crippen LogP contribution in [0.5, 0.6) is 0 Å². The van der Waals surface area contributed by atoms with Gasteiger partial charge < -0.3 is 15.1 Å². The number of aromatic nitrogens is 1. The molecular formula is C21H24N4OS. The molecule has 0 atom stereocenters. The Hall–Kier alpha value is -2.60. The number of thiazole rings is 1. The fourth-order valence-electron chi connectivity index (χ4n) is 3.25. The fourth-order valence-corrected chi connectivity index (χ4v) is 4.33. The van der Waals surface area contributed by atoms with Gasteiger partial charge in [0.05, 0.1) is 10.2 Å². The lowest BCUT2D eigenvalue weighted by Gasteiger charge is -2.34. The van der Waals surface area contributed by atoms with Gasteiger partial charge in [-0.1, -0.05) is 42.0 Å². The number of carbonyl (C=O) groups is 1. The molecule has 1 aromatic heterocycles. The summed E-state index contributed by atoms with van der Waals surface area (Å²) in [7, 11) is 0. The van der Waals surface area contributed by atoms with Crippen molar-refractivity contribution in [2.24, 2.45) is 0 Å². The highest BCUT2D eigenvalue weighted by Gasteiger charge is 2.23. The SMILES string of the molecule is CCc1ccc2nc(N3CCN(C(=O)Nc4ccc(C)cc4)CC3)sc2c1. The lowest BCUT2D eigenvalue weighted by molar-refractivity contribution is 0.208. The number of urea groups is 1. The number of aryl methyl sites for hydroxylation is 2. The van der Waals surface area contributed by atoms with Crippen molar-refractivity contribution in [3.8, 4) is 0 Å². The van der Waals surface area contributed by atoms with Crippen LogP contribution < -0.4 is 10.2 Å². The third kappa shape index (κ3) is 3.90. The first kappa shape index (κ1) is 17.8. The summed E-state index contributed by atoms with van der Waals surface area (Å²) in [4.78, 5) is 21.4. The van der Waals surface area contributed by atoms with Crippen LogP contribution >= 0.6 is 11.3 Å². The van der Waals surface area contributed by atoms with Crippen molar-refractivity contribution in [1.82, 2.24) is 9.88 Å². The molecule has 1 saturated heterocycles. The maximum atomic E-state index is 12.5. The van der Waals surface area contributed by atoms with E-state index >= 15 is 0 Å². The molecule has 140 valence electrons. The molecule has 1 aliphatic heterocycles. The Morgan fingerprint density at radius 1 is 1.11 bits per heavy atom. The summed E-state index contributed by atoms with van der Waals surface area (Å²) in [6.07, 6.45) is 1.04. The molecule has 0 saturated carbocycles. The van der Waals surface area contributed by atoms with Crippen LogP contribution in [-0.2, 0) is 6.42 Å². The van der Waals surface area contributed by atoms with Gasteiger partial charge in [-0.2, -0.15) is 0 Å². The number of carbonyl (C=O) groups excluding carboxylic acids is 1. The molecular weight excluding hydrogens is 356 g/mol. The Kier molecular flexibility index (Phi) is 4.99. The summed E-state index contributed by atoms with van der Waals surface area (Å²) in [5.41, 5.74) is 4.43. The Morgan fingerprint density at radius 3 is 2.56 bits per heavy atom. The number of piperazine rings is 1. The van der Waals surface area contributed by atoms with E-state index in [0.717, 1.165) is 35.8 Å². The van der Waals surface area contributed by atoms with E-state index < -0.39 is 0 Å². The lowest BCUT2D eigenvalue weighted by atomic mass is 10.2. The molecule has 2 heterocycles. The second kappa shape index (κ2) is 7.56. The minimum atomic E-state index is -0.0320. The monoisotopic (exact) mass is 380 g/mol. The van der Waals surface area contributed by atoms with Gasteiger partial charge in [0.25, 0.3) is 0 Å². The van der Waals surface area contributed by atoms with Gasteiger partial charge in [-0.25, -0.2) is 9.78 Å². The molecule has 6 heteroatoms. The van der Waals surface area contributed by atoms with E-state index in [0.29, 0.717) is 13.1 Å². The number of amides is 2. The zero-order valence-corrected chi connectivity index (χ0v) is 16.6. The lowest BCUT2D eigenvalue weighted by Crippen LogP contribution is -2.50. The highest BCUT2D eigenvalue weighted by molar-refractivity contribution is 7.22. The predicted octanol–water partition coefficient (Wildman–Crippen LogP) is 4.52. The normalized spacial score (nSPS) is 14.6. The standard InChI is InChI=1S/C21H24N4OS/c1-3-16-6-9-18-19(14-16)27-21(23-18)25-12-10-24(11-13-25)20(26)22-17-7-4-15(2)5-8-17/h4-9,14H,3,10-13H2,1-2H3,(H,22,26). The first-order valence-electron chi connectivity index (χ1n) is 9.39. The molecule has 0 unspecified atom stereocenters. The molecule has 1 aliphatic rings. The zero-order valence-electron chi connectivity index (χ0n) is 15.7. The second-order valence-corrected chi connectivity index (χ2v) is 7.93. The summed E-state index contributed by atoms with van der Waals surface area (Å²) in [5.74, 6) is 0. The zero-order chi connectivity index (χ0) is 18.8. The fraction of sp³-hybridized carbons (Fsp3) is 0.333. The van der Waals surface area contributed by atoms with Gasteiger partial charge in [0.15, 0.2) is 5.13 Å². The molecule has 0 radical (unpaired) electrons. The van der Waals surface area contributed by atoms with Crippen molar-refractivity contribution in [3.63, 3.8) is 0 Å². The van der Waals surface area contributed by atoms with Crippen LogP contribution in [0.1, 0.15) is 18.1 Å². The van der Waals surface area contributed by atoms with Crippen molar-refractivity contribution in [1.29, 1.82) is 0 Å². The number of anilines is 2. The summed E-state index contributed by atoms with van der Waals surface area (Å²) < 4.78 is 1.24. The largest absolute Gasteiger partial charge is 0.345 e. The van der Waals surface area contributed by atoms with Crippen molar-refractivity contribution < 1.29 is 4.79 Å². The Bertz CT molecular complexity index is 942. The van der Waals surface area contributed by atoms with Gasteiger partial charge in [-0.05, 0) is 43.2 Å². The van der Waals surface area contributed by atoms with E-state index in [4.69, 9.17) is 4.98 Å². The molecule has 0 bridgehead atoms. The van der Waals surface area contributed by atoms with E-state index in [1.807, 2.05) is 36.1 Å². The molecule has 2 amide bonds. The molecule has 5 nitrogen and oxygen atoms in total. The van der Waals surface area contributed by atoms with Gasteiger partial charge in [-0.3, -0.25) is 0 Å². The third-order valence-electron chi connectivity index (χ3n) is 4.99. The Balaban J connectivity index is 1.38. The number of rotatable bonds is 3. The quantitative estimate of drug-likeness (QED) is 0.727. The molecule has 4 rings (SSSR count). The van der Waals surface area contributed by atoms with E-state index in [2.05, 4.69) is 35.3 Å². The van der Waals surface area contributed by atoms with Gasteiger partial charge in [0.1, 0.15) is 0 Å². The van der Waals surface area contributed by atoms with Gasteiger partial charge >= 0.3 is 6.03 Å². The van der Waals surface area contributed by atoms with E-state index in [1.54, 1.807) is 11.3 Å². The van der Waals surface area contributed by atoms with Gasteiger partial charge in [0, 0.05) is 31.9 Å². The van der Waals surface area contributed by atoms with Crippen LogP contribution in [0.25, 0.3) is 10.2 Å². The molecule has 2 aromatic carbocycles. The summed E-state index contributed by atoms with van der Waals surface area (Å²) in [6, 6.07) is 14.4. The number of hydrogen-bond acceptors (Lipinski definition) is 4. The van der Waals surface area contributed by atoms with E-state index in [1.165, 1.54) is 15.8 Å². The van der Waals surface area contributed by atoms with Crippen LogP contribution in [0.4, 0.5) is 15.6 Å². The topological polar surface area (TPSA) is 48.5 Å². The van der Waals surface area contributed by atoms with Crippen LogP contribution in [0.3, 0.4) is 0 Å². The van der Waals surface area contributed by atoms with E-state index in [-0.39, 0.29) is 6.03 Å². The molecule has 27 heavy (non-hydrogen) atoms. The second-order valence-electron chi connectivity index (χ2n) is 6.92. The van der Waals surface area contributed by atoms with Crippen molar-refractivity contribution in [2.45, 2.75) is 20.3 Å². The summed E-state index contributed by atoms with van der Waals surface area (Å²) in [5, 5.41) is 4.04. The van der Waals surface area contributed by atoms with Crippen molar-refractivity contribution in [3.05, 3.63) is 53.6 Å². The molecule has 0 spiro atoms. The Morgan fingerprint density at radius 2 is 1.85 bits per heavy atom. The smallest absolute Gasteiger partial charge is 0.321 e. The average Bonchev–Trinajstić information content (AvgIpc) is 3.13. The van der Waals surface area contributed by atoms with Gasteiger partial charge in [-0.15, -0.1) is 0 Å². The number of nitrogens with one attached hydrogen (secondary N) is 1. The summed E-state index contributed by atoms with van der Waals surface area (Å²) in [6.45, 7) is 7.23. The number of benzene rings is 2. The highest BCUT2D eigenvalue weighted by Crippen LogP contribution is 2.30. The van der Waals surface area contributed by atoms with Crippen LogP contribution in [-0.4, -0.2) is 42.1 Å². The minimum Gasteiger partial charge on any atom is -0.345 e. The first-order chi connectivity index (χ1) is 13.1. The van der Waals surface area contributed by atoms with Crippen LogP contribution in [0, 0.1) is 6.92 Å². The first-order valence-corrected chi connectivity index (χ1v) is 10.2. The van der Waals surface area contributed by atoms with Crippen molar-refractivity contribution in [2.75, 3.05) is 36.4 Å². The Labute approximate surface area is 163 Å². The summed E-state index contributed by atoms with van der Waals surface area (Å²) >= 11 is 1.74. The molecule has 3 aromatic rings. The number of hydrogen-bond donors (Lipinski definition) is 1. The van der Waals surface area contributed by atoms with Crippen LogP contribution in [0.2, 0.25) is 0 Å². The average molecular weight is 381 g/mol. The molecule has 1 N–H and O–H groups in total. The maximum absolute atomic E-state index is 12.5. The third-order valence-corrected chi connectivity index (χ3v) is 6.07. The highest BCUT2D eigenvalue weighted by atomic mass is 32.1. The molecule has 1 fully saturated rings. The van der Waals surface area contributed by atoms with Crippen LogP contribution in [0.15, 0.2) is 42.5 Å². The van der Waals surface area contributed by atoms with Crippen molar-refractivity contribution >= 4 is 38.4 Å². The van der Waals surface area contributed by atoms with E-state index in [9.17, 15) is 4.79 Å². The van der Waals surface area contributed by atoms with Gasteiger partial charge in [0.2, 0.25) is 0 Å². The molecule has 0 aliphatic carbocycles. The minimum absolute atomic E-state index is 0.0320.